The summed E-state index contributed by atoms with van der Waals surface area (Å²) in [5.41, 5.74) is 0.734. The predicted octanol–water partition coefficient (Wildman–Crippen LogP) is 1.12. The zero-order chi connectivity index (χ0) is 13.3. The third-order valence-corrected chi connectivity index (χ3v) is 4.92. The molecule has 0 spiro atoms. The molecule has 1 aromatic rings. The second kappa shape index (κ2) is 4.95. The van der Waals surface area contributed by atoms with Crippen molar-refractivity contribution in [1.29, 1.82) is 0 Å². The molecule has 0 unspecified atom stereocenters. The molecule has 0 aromatic heterocycles. The Labute approximate surface area is 107 Å². The van der Waals surface area contributed by atoms with Crippen LogP contribution in [0.1, 0.15) is 12.5 Å². The van der Waals surface area contributed by atoms with E-state index >= 15 is 0 Å². The number of benzene rings is 1. The van der Waals surface area contributed by atoms with Crippen LogP contribution in [0.4, 0.5) is 4.39 Å². The van der Waals surface area contributed by atoms with Crippen molar-refractivity contribution in [1.82, 2.24) is 9.62 Å². The van der Waals surface area contributed by atoms with Crippen LogP contribution in [0.2, 0.25) is 0 Å². The molecular formula is C12H17FN2O2S. The van der Waals surface area contributed by atoms with Gasteiger partial charge < -0.3 is 5.32 Å². The van der Waals surface area contributed by atoms with Gasteiger partial charge in [0.15, 0.2) is 0 Å². The summed E-state index contributed by atoms with van der Waals surface area (Å²) < 4.78 is 39.8. The SMILES string of the molecule is Cc1ccc(F)c(S(=O)(=O)N2CCN[C@@H](C)C2)c1. The summed E-state index contributed by atoms with van der Waals surface area (Å²) in [6.45, 7) is 5.00. The largest absolute Gasteiger partial charge is 0.312 e. The highest BCUT2D eigenvalue weighted by molar-refractivity contribution is 7.89. The average Bonchev–Trinajstić information content (AvgIpc) is 2.32. The summed E-state index contributed by atoms with van der Waals surface area (Å²) in [7, 11) is -3.73. The lowest BCUT2D eigenvalue weighted by Crippen LogP contribution is -2.51. The van der Waals surface area contributed by atoms with Crippen molar-refractivity contribution in [3.8, 4) is 0 Å². The Balaban J connectivity index is 2.38. The Bertz CT molecular complexity index is 545. The minimum atomic E-state index is -3.73. The number of piperazine rings is 1. The summed E-state index contributed by atoms with van der Waals surface area (Å²) >= 11 is 0. The van der Waals surface area contributed by atoms with Gasteiger partial charge in [0, 0.05) is 25.7 Å². The molecule has 0 aliphatic carbocycles. The molecule has 1 heterocycles. The maximum Gasteiger partial charge on any atom is 0.246 e. The number of nitrogens with zero attached hydrogens (tertiary/aromatic N) is 1. The van der Waals surface area contributed by atoms with Gasteiger partial charge in [-0.05, 0) is 31.5 Å². The van der Waals surface area contributed by atoms with Crippen LogP contribution in [0.5, 0.6) is 0 Å². The standard InChI is InChI=1S/C12H17FN2O2S/c1-9-3-4-11(13)12(7-9)18(16,17)15-6-5-14-10(2)8-15/h3-4,7,10,14H,5-6,8H2,1-2H3/t10-/m0/s1. The Morgan fingerprint density at radius 1 is 1.44 bits per heavy atom. The van der Waals surface area contributed by atoms with Crippen LogP contribution in [0.25, 0.3) is 0 Å². The molecule has 4 nitrogen and oxygen atoms in total. The van der Waals surface area contributed by atoms with Crippen LogP contribution in [-0.2, 0) is 10.0 Å². The molecule has 0 amide bonds. The fraction of sp³-hybridized carbons (Fsp3) is 0.500. The van der Waals surface area contributed by atoms with E-state index in [1.807, 2.05) is 6.92 Å². The third kappa shape index (κ3) is 2.55. The van der Waals surface area contributed by atoms with Crippen molar-refractivity contribution in [2.24, 2.45) is 0 Å². The summed E-state index contributed by atoms with van der Waals surface area (Å²) in [5.74, 6) is -0.688. The smallest absolute Gasteiger partial charge is 0.246 e. The van der Waals surface area contributed by atoms with Gasteiger partial charge in [0.05, 0.1) is 0 Å². The van der Waals surface area contributed by atoms with E-state index in [2.05, 4.69) is 5.32 Å². The fourth-order valence-electron chi connectivity index (χ4n) is 2.06. The normalized spacial score (nSPS) is 22.1. The molecule has 1 saturated heterocycles. The van der Waals surface area contributed by atoms with E-state index in [1.54, 1.807) is 13.0 Å². The highest BCUT2D eigenvalue weighted by atomic mass is 32.2. The number of halogens is 1. The highest BCUT2D eigenvalue weighted by Crippen LogP contribution is 2.21. The molecule has 1 aliphatic rings. The van der Waals surface area contributed by atoms with Gasteiger partial charge in [0.1, 0.15) is 10.7 Å². The second-order valence-electron chi connectivity index (χ2n) is 4.65. The molecule has 2 rings (SSSR count). The average molecular weight is 272 g/mol. The first kappa shape index (κ1) is 13.5. The number of hydrogen-bond donors (Lipinski definition) is 1. The van der Waals surface area contributed by atoms with Gasteiger partial charge in [0.25, 0.3) is 0 Å². The monoisotopic (exact) mass is 272 g/mol. The maximum absolute atomic E-state index is 13.7. The lowest BCUT2D eigenvalue weighted by Gasteiger charge is -2.31. The molecule has 6 heteroatoms. The molecule has 1 atom stereocenters. The van der Waals surface area contributed by atoms with Crippen molar-refractivity contribution in [3.63, 3.8) is 0 Å². The van der Waals surface area contributed by atoms with E-state index in [0.29, 0.717) is 19.6 Å². The first-order valence-electron chi connectivity index (χ1n) is 5.91. The van der Waals surface area contributed by atoms with Gasteiger partial charge >= 0.3 is 0 Å². The summed E-state index contributed by atoms with van der Waals surface area (Å²) in [5, 5.41) is 3.16. The molecule has 100 valence electrons. The van der Waals surface area contributed by atoms with E-state index in [-0.39, 0.29) is 10.9 Å². The number of hydrogen-bond acceptors (Lipinski definition) is 3. The van der Waals surface area contributed by atoms with E-state index < -0.39 is 15.8 Å². The quantitative estimate of drug-likeness (QED) is 0.877. The van der Waals surface area contributed by atoms with Crippen molar-refractivity contribution in [2.75, 3.05) is 19.6 Å². The van der Waals surface area contributed by atoms with Crippen LogP contribution in [0.15, 0.2) is 23.1 Å². The fourth-order valence-corrected chi connectivity index (χ4v) is 3.74. The lowest BCUT2D eigenvalue weighted by molar-refractivity contribution is 0.309. The van der Waals surface area contributed by atoms with Gasteiger partial charge in [-0.2, -0.15) is 4.31 Å². The molecule has 0 radical (unpaired) electrons. The Kier molecular flexibility index (Phi) is 3.70. The van der Waals surface area contributed by atoms with Crippen LogP contribution >= 0.6 is 0 Å². The van der Waals surface area contributed by atoms with Crippen LogP contribution in [0, 0.1) is 12.7 Å². The highest BCUT2D eigenvalue weighted by Gasteiger charge is 2.30. The number of aryl methyl sites for hydroxylation is 1. The number of sulfonamides is 1. The predicted molar refractivity (Wildman–Crippen MR) is 67.4 cm³/mol. The minimum Gasteiger partial charge on any atom is -0.312 e. The van der Waals surface area contributed by atoms with E-state index in [4.69, 9.17) is 0 Å². The zero-order valence-electron chi connectivity index (χ0n) is 10.5. The third-order valence-electron chi connectivity index (χ3n) is 3.04. The number of nitrogens with one attached hydrogen (secondary N) is 1. The maximum atomic E-state index is 13.7. The first-order chi connectivity index (χ1) is 8.41. The minimum absolute atomic E-state index is 0.0846. The van der Waals surface area contributed by atoms with Gasteiger partial charge in [-0.1, -0.05) is 6.07 Å². The van der Waals surface area contributed by atoms with E-state index in [1.165, 1.54) is 16.4 Å². The molecule has 1 aromatic carbocycles. The molecule has 0 saturated carbocycles. The van der Waals surface area contributed by atoms with Crippen LogP contribution in [-0.4, -0.2) is 38.4 Å². The molecule has 1 N–H and O–H groups in total. The van der Waals surface area contributed by atoms with E-state index in [0.717, 1.165) is 5.56 Å². The van der Waals surface area contributed by atoms with Crippen molar-refractivity contribution < 1.29 is 12.8 Å². The van der Waals surface area contributed by atoms with Crippen LogP contribution < -0.4 is 5.32 Å². The summed E-state index contributed by atoms with van der Waals surface area (Å²) in [6, 6.07) is 4.24. The molecule has 18 heavy (non-hydrogen) atoms. The molecular weight excluding hydrogens is 255 g/mol. The Morgan fingerprint density at radius 3 is 2.83 bits per heavy atom. The van der Waals surface area contributed by atoms with Crippen LogP contribution in [0.3, 0.4) is 0 Å². The zero-order valence-corrected chi connectivity index (χ0v) is 11.3. The summed E-state index contributed by atoms with van der Waals surface area (Å²) in [4.78, 5) is -0.225. The van der Waals surface area contributed by atoms with Crippen molar-refractivity contribution in [3.05, 3.63) is 29.6 Å². The van der Waals surface area contributed by atoms with Crippen molar-refractivity contribution >= 4 is 10.0 Å². The molecule has 1 fully saturated rings. The van der Waals surface area contributed by atoms with Gasteiger partial charge in [-0.15, -0.1) is 0 Å². The summed E-state index contributed by atoms with van der Waals surface area (Å²) in [6.07, 6.45) is 0. The molecule has 0 bridgehead atoms. The van der Waals surface area contributed by atoms with Gasteiger partial charge in [-0.3, -0.25) is 0 Å². The van der Waals surface area contributed by atoms with Gasteiger partial charge in [-0.25, -0.2) is 12.8 Å². The topological polar surface area (TPSA) is 49.4 Å². The van der Waals surface area contributed by atoms with E-state index in [9.17, 15) is 12.8 Å². The van der Waals surface area contributed by atoms with Gasteiger partial charge in [0.2, 0.25) is 10.0 Å². The Morgan fingerprint density at radius 2 is 2.17 bits per heavy atom. The number of rotatable bonds is 2. The Hall–Kier alpha value is -0.980. The second-order valence-corrected chi connectivity index (χ2v) is 6.56. The lowest BCUT2D eigenvalue weighted by atomic mass is 10.2. The van der Waals surface area contributed by atoms with Crippen molar-refractivity contribution in [2.45, 2.75) is 24.8 Å². The molecule has 1 aliphatic heterocycles. The first-order valence-corrected chi connectivity index (χ1v) is 7.35.